The first-order valence-electron chi connectivity index (χ1n) is 5.84. The second kappa shape index (κ2) is 6.75. The molecule has 0 amide bonds. The van der Waals surface area contributed by atoms with E-state index in [1.165, 1.54) is 0 Å². The van der Waals surface area contributed by atoms with Gasteiger partial charge in [0.25, 0.3) is 0 Å². The van der Waals surface area contributed by atoms with Gasteiger partial charge in [0.05, 0.1) is 11.3 Å². The summed E-state index contributed by atoms with van der Waals surface area (Å²) >= 11 is 3.36. The number of nitrogens with one attached hydrogen (secondary N) is 1. The second-order valence-corrected chi connectivity index (χ2v) is 5.55. The van der Waals surface area contributed by atoms with Crippen LogP contribution >= 0.6 is 15.9 Å². The van der Waals surface area contributed by atoms with Crippen LogP contribution in [0.2, 0.25) is 0 Å². The number of rotatable bonds is 6. The van der Waals surface area contributed by atoms with Crippen molar-refractivity contribution in [3.63, 3.8) is 0 Å². The van der Waals surface area contributed by atoms with Gasteiger partial charge < -0.3 is 15.3 Å². The topological polar surface area (TPSA) is 52.6 Å². The predicted octanol–water partition coefficient (Wildman–Crippen LogP) is 2.90. The minimum absolute atomic E-state index is 0.222. The van der Waals surface area contributed by atoms with Crippen LogP contribution < -0.4 is 5.32 Å². The third-order valence-electron chi connectivity index (χ3n) is 2.62. The summed E-state index contributed by atoms with van der Waals surface area (Å²) in [6.45, 7) is 3.01. The van der Waals surface area contributed by atoms with Crippen LogP contribution in [0.25, 0.3) is 0 Å². The number of benzene rings is 1. The molecule has 0 spiro atoms. The quantitative estimate of drug-likeness (QED) is 0.847. The summed E-state index contributed by atoms with van der Waals surface area (Å²) in [6.07, 6.45) is 0.957. The van der Waals surface area contributed by atoms with Crippen molar-refractivity contribution in [3.8, 4) is 0 Å². The minimum atomic E-state index is -0.912. The van der Waals surface area contributed by atoms with Crippen LogP contribution in [0.3, 0.4) is 0 Å². The van der Waals surface area contributed by atoms with Crippen LogP contribution in [-0.2, 0) is 0 Å². The maximum absolute atomic E-state index is 11.1. The number of carbonyl (C=O) groups is 1. The average Bonchev–Trinajstić information content (AvgIpc) is 2.26. The van der Waals surface area contributed by atoms with E-state index in [1.54, 1.807) is 18.2 Å². The largest absolute Gasteiger partial charge is 0.478 e. The Bertz CT molecular complexity index is 421. The minimum Gasteiger partial charge on any atom is -0.478 e. The van der Waals surface area contributed by atoms with Crippen molar-refractivity contribution < 1.29 is 9.90 Å². The Balaban J connectivity index is 2.76. The van der Waals surface area contributed by atoms with Crippen LogP contribution in [0.5, 0.6) is 0 Å². The maximum Gasteiger partial charge on any atom is 0.337 e. The van der Waals surface area contributed by atoms with Gasteiger partial charge in [0.15, 0.2) is 0 Å². The fourth-order valence-corrected chi connectivity index (χ4v) is 1.97. The summed E-state index contributed by atoms with van der Waals surface area (Å²) in [5.41, 5.74) is 0.957. The van der Waals surface area contributed by atoms with Crippen LogP contribution in [0.1, 0.15) is 23.7 Å². The second-order valence-electron chi connectivity index (χ2n) is 4.63. The molecule has 1 aromatic rings. The molecule has 0 radical (unpaired) electrons. The summed E-state index contributed by atoms with van der Waals surface area (Å²) in [5, 5.41) is 12.4. The maximum atomic E-state index is 11.1. The van der Waals surface area contributed by atoms with Crippen molar-refractivity contribution in [2.75, 3.05) is 26.0 Å². The van der Waals surface area contributed by atoms with E-state index in [0.717, 1.165) is 17.4 Å². The van der Waals surface area contributed by atoms with Crippen molar-refractivity contribution in [2.45, 2.75) is 19.4 Å². The lowest BCUT2D eigenvalue weighted by atomic mass is 10.1. The SMILES string of the molecule is CC(CCN(C)C)Nc1cc(Br)ccc1C(=O)O. The van der Waals surface area contributed by atoms with Gasteiger partial charge in [-0.2, -0.15) is 0 Å². The molecular formula is C13H19BrN2O2. The Kier molecular flexibility index (Phi) is 5.62. The Morgan fingerprint density at radius 2 is 2.17 bits per heavy atom. The first-order chi connectivity index (χ1) is 8.40. The molecule has 0 aromatic heterocycles. The number of hydrogen-bond acceptors (Lipinski definition) is 3. The molecule has 0 saturated heterocycles. The monoisotopic (exact) mass is 314 g/mol. The molecule has 100 valence electrons. The zero-order valence-electron chi connectivity index (χ0n) is 10.9. The van der Waals surface area contributed by atoms with E-state index in [0.29, 0.717) is 11.3 Å². The molecule has 0 fully saturated rings. The van der Waals surface area contributed by atoms with Gasteiger partial charge in [-0.1, -0.05) is 15.9 Å². The van der Waals surface area contributed by atoms with Gasteiger partial charge in [0.1, 0.15) is 0 Å². The van der Waals surface area contributed by atoms with Crippen LogP contribution in [0.4, 0.5) is 5.69 Å². The average molecular weight is 315 g/mol. The highest BCUT2D eigenvalue weighted by Crippen LogP contribution is 2.22. The highest BCUT2D eigenvalue weighted by molar-refractivity contribution is 9.10. The Morgan fingerprint density at radius 3 is 2.72 bits per heavy atom. The Morgan fingerprint density at radius 1 is 1.50 bits per heavy atom. The van der Waals surface area contributed by atoms with Crippen molar-refractivity contribution in [1.82, 2.24) is 4.90 Å². The fourth-order valence-electron chi connectivity index (χ4n) is 1.61. The van der Waals surface area contributed by atoms with E-state index < -0.39 is 5.97 Å². The molecule has 18 heavy (non-hydrogen) atoms. The van der Waals surface area contributed by atoms with Gasteiger partial charge in [-0.3, -0.25) is 0 Å². The van der Waals surface area contributed by atoms with Crippen molar-refractivity contribution in [1.29, 1.82) is 0 Å². The van der Waals surface area contributed by atoms with Crippen molar-refractivity contribution in [3.05, 3.63) is 28.2 Å². The van der Waals surface area contributed by atoms with E-state index in [1.807, 2.05) is 14.1 Å². The Labute approximate surface area is 116 Å². The van der Waals surface area contributed by atoms with Crippen LogP contribution in [0, 0.1) is 0 Å². The predicted molar refractivity (Wildman–Crippen MR) is 77.4 cm³/mol. The summed E-state index contributed by atoms with van der Waals surface area (Å²) in [5.74, 6) is -0.912. The molecule has 0 bridgehead atoms. The Hall–Kier alpha value is -1.07. The molecule has 0 saturated carbocycles. The number of nitrogens with zero attached hydrogens (tertiary/aromatic N) is 1. The molecule has 0 heterocycles. The van der Waals surface area contributed by atoms with Gasteiger partial charge in [-0.15, -0.1) is 0 Å². The molecule has 0 aliphatic rings. The van der Waals surface area contributed by atoms with Crippen molar-refractivity contribution >= 4 is 27.6 Å². The number of carboxylic acid groups (broad SMARTS) is 1. The molecule has 1 unspecified atom stereocenters. The molecule has 0 aliphatic carbocycles. The van der Waals surface area contributed by atoms with Gasteiger partial charge >= 0.3 is 5.97 Å². The van der Waals surface area contributed by atoms with Crippen LogP contribution in [0.15, 0.2) is 22.7 Å². The molecule has 2 N–H and O–H groups in total. The van der Waals surface area contributed by atoms with E-state index >= 15 is 0 Å². The van der Waals surface area contributed by atoms with Crippen LogP contribution in [-0.4, -0.2) is 42.7 Å². The third-order valence-corrected chi connectivity index (χ3v) is 3.12. The van der Waals surface area contributed by atoms with Gasteiger partial charge in [-0.25, -0.2) is 4.79 Å². The molecule has 1 atom stereocenters. The van der Waals surface area contributed by atoms with Gasteiger partial charge in [-0.05, 0) is 52.2 Å². The van der Waals surface area contributed by atoms with E-state index in [-0.39, 0.29) is 6.04 Å². The zero-order valence-corrected chi connectivity index (χ0v) is 12.5. The summed E-state index contributed by atoms with van der Waals surface area (Å²) in [6, 6.07) is 5.36. The van der Waals surface area contributed by atoms with Gasteiger partial charge in [0, 0.05) is 10.5 Å². The highest BCUT2D eigenvalue weighted by Gasteiger charge is 2.12. The zero-order chi connectivity index (χ0) is 13.7. The molecular weight excluding hydrogens is 296 g/mol. The lowest BCUT2D eigenvalue weighted by Crippen LogP contribution is -2.23. The standard InChI is InChI=1S/C13H19BrN2O2/c1-9(6-7-16(2)3)15-12-8-10(14)4-5-11(12)13(17)18/h4-5,8-9,15H,6-7H2,1-3H3,(H,17,18). The smallest absolute Gasteiger partial charge is 0.337 e. The van der Waals surface area contributed by atoms with E-state index in [4.69, 9.17) is 5.11 Å². The fraction of sp³-hybridized carbons (Fsp3) is 0.462. The number of aromatic carboxylic acids is 1. The third kappa shape index (κ3) is 4.66. The highest BCUT2D eigenvalue weighted by atomic mass is 79.9. The molecule has 1 rings (SSSR count). The number of hydrogen-bond donors (Lipinski definition) is 2. The molecule has 1 aromatic carbocycles. The van der Waals surface area contributed by atoms with E-state index in [9.17, 15) is 4.79 Å². The summed E-state index contributed by atoms with van der Waals surface area (Å²) in [7, 11) is 4.04. The lowest BCUT2D eigenvalue weighted by molar-refractivity contribution is 0.0698. The number of halogens is 1. The summed E-state index contributed by atoms with van der Waals surface area (Å²) < 4.78 is 0.870. The van der Waals surface area contributed by atoms with Crippen molar-refractivity contribution in [2.24, 2.45) is 0 Å². The first-order valence-corrected chi connectivity index (χ1v) is 6.63. The number of anilines is 1. The molecule has 4 nitrogen and oxygen atoms in total. The number of carboxylic acids is 1. The first kappa shape index (κ1) is 15.0. The normalized spacial score (nSPS) is 12.5. The molecule has 5 heteroatoms. The van der Waals surface area contributed by atoms with Gasteiger partial charge in [0.2, 0.25) is 0 Å². The lowest BCUT2D eigenvalue weighted by Gasteiger charge is -2.19. The summed E-state index contributed by atoms with van der Waals surface area (Å²) in [4.78, 5) is 13.2. The van der Waals surface area contributed by atoms with E-state index in [2.05, 4.69) is 33.1 Å². The molecule has 0 aliphatic heterocycles.